The van der Waals surface area contributed by atoms with Gasteiger partial charge >= 0.3 is 0 Å². The van der Waals surface area contributed by atoms with E-state index < -0.39 is 0 Å². The van der Waals surface area contributed by atoms with Crippen LogP contribution >= 0.6 is 0 Å². The molecule has 0 spiro atoms. The lowest BCUT2D eigenvalue weighted by Gasteiger charge is -2.37. The Morgan fingerprint density at radius 2 is 1.70 bits per heavy atom. The second-order valence-corrected chi connectivity index (χ2v) is 6.51. The number of nitrogens with zero attached hydrogens (tertiary/aromatic N) is 2. The standard InChI is InChI=1S/C17H33N3/c1-4-17(16(3)20-12-8-18-9-13-20)15(2)14-19-10-6-5-7-11-19/h4,15-16,18H,5-14H2,1-3H3/b17-4+. The van der Waals surface area contributed by atoms with E-state index in [0.29, 0.717) is 12.0 Å². The van der Waals surface area contributed by atoms with Crippen LogP contribution in [0.4, 0.5) is 0 Å². The predicted octanol–water partition coefficient (Wildman–Crippen LogP) is 2.35. The van der Waals surface area contributed by atoms with Gasteiger partial charge < -0.3 is 10.2 Å². The molecular weight excluding hydrogens is 246 g/mol. The highest BCUT2D eigenvalue weighted by Crippen LogP contribution is 2.22. The van der Waals surface area contributed by atoms with E-state index in [1.807, 2.05) is 0 Å². The van der Waals surface area contributed by atoms with Gasteiger partial charge in [0, 0.05) is 38.8 Å². The molecule has 0 bridgehead atoms. The molecule has 0 aromatic carbocycles. The molecule has 2 rings (SSSR count). The fourth-order valence-corrected chi connectivity index (χ4v) is 3.85. The van der Waals surface area contributed by atoms with Crippen LogP contribution in [0.5, 0.6) is 0 Å². The first-order chi connectivity index (χ1) is 9.72. The molecule has 0 saturated carbocycles. The van der Waals surface area contributed by atoms with Crippen molar-refractivity contribution in [3.05, 3.63) is 11.6 Å². The van der Waals surface area contributed by atoms with Gasteiger partial charge in [-0.1, -0.05) is 25.0 Å². The summed E-state index contributed by atoms with van der Waals surface area (Å²) in [5, 5.41) is 3.45. The van der Waals surface area contributed by atoms with Crippen LogP contribution in [-0.2, 0) is 0 Å². The molecule has 2 aliphatic rings. The zero-order valence-corrected chi connectivity index (χ0v) is 13.7. The molecule has 0 aromatic heterocycles. The molecule has 0 amide bonds. The predicted molar refractivity (Wildman–Crippen MR) is 87.1 cm³/mol. The third-order valence-corrected chi connectivity index (χ3v) is 5.06. The number of piperidine rings is 1. The van der Waals surface area contributed by atoms with E-state index in [4.69, 9.17) is 0 Å². The second kappa shape index (κ2) is 8.16. The Bertz CT molecular complexity index is 301. The van der Waals surface area contributed by atoms with Crippen molar-refractivity contribution >= 4 is 0 Å². The minimum absolute atomic E-state index is 0.599. The monoisotopic (exact) mass is 279 g/mol. The van der Waals surface area contributed by atoms with Gasteiger partial charge in [0.05, 0.1) is 0 Å². The van der Waals surface area contributed by atoms with Crippen molar-refractivity contribution in [2.24, 2.45) is 5.92 Å². The molecule has 1 N–H and O–H groups in total. The van der Waals surface area contributed by atoms with Gasteiger partial charge in [0.1, 0.15) is 0 Å². The summed E-state index contributed by atoms with van der Waals surface area (Å²) in [4.78, 5) is 5.31. The molecule has 2 fully saturated rings. The number of hydrogen-bond donors (Lipinski definition) is 1. The van der Waals surface area contributed by atoms with Gasteiger partial charge in [-0.2, -0.15) is 0 Å². The molecule has 2 saturated heterocycles. The van der Waals surface area contributed by atoms with Crippen molar-refractivity contribution in [1.29, 1.82) is 0 Å². The average Bonchev–Trinajstić information content (AvgIpc) is 2.49. The van der Waals surface area contributed by atoms with Gasteiger partial charge in [0.25, 0.3) is 0 Å². The number of piperazine rings is 1. The minimum Gasteiger partial charge on any atom is -0.314 e. The number of hydrogen-bond acceptors (Lipinski definition) is 3. The summed E-state index contributed by atoms with van der Waals surface area (Å²) in [5.41, 5.74) is 1.64. The summed E-state index contributed by atoms with van der Waals surface area (Å²) in [6.45, 7) is 15.6. The van der Waals surface area contributed by atoms with Crippen molar-refractivity contribution in [3.8, 4) is 0 Å². The SMILES string of the molecule is C/C=C(\C(C)CN1CCCCC1)C(C)N1CCNCC1. The van der Waals surface area contributed by atoms with E-state index in [-0.39, 0.29) is 0 Å². The highest BCUT2D eigenvalue weighted by molar-refractivity contribution is 5.13. The molecule has 3 nitrogen and oxygen atoms in total. The first-order valence-corrected chi connectivity index (χ1v) is 8.55. The Morgan fingerprint density at radius 1 is 1.05 bits per heavy atom. The highest BCUT2D eigenvalue weighted by Gasteiger charge is 2.24. The lowest BCUT2D eigenvalue weighted by molar-refractivity contribution is 0.177. The minimum atomic E-state index is 0.599. The van der Waals surface area contributed by atoms with Gasteiger partial charge in [-0.25, -0.2) is 0 Å². The van der Waals surface area contributed by atoms with Gasteiger partial charge in [0.2, 0.25) is 0 Å². The van der Waals surface area contributed by atoms with Crippen molar-refractivity contribution < 1.29 is 0 Å². The van der Waals surface area contributed by atoms with E-state index in [1.54, 1.807) is 5.57 Å². The van der Waals surface area contributed by atoms with E-state index in [1.165, 1.54) is 52.0 Å². The van der Waals surface area contributed by atoms with Crippen molar-refractivity contribution in [2.75, 3.05) is 45.8 Å². The smallest absolute Gasteiger partial charge is 0.0283 e. The molecule has 2 aliphatic heterocycles. The van der Waals surface area contributed by atoms with Crippen LogP contribution in [0, 0.1) is 5.92 Å². The molecule has 3 heteroatoms. The first-order valence-electron chi connectivity index (χ1n) is 8.55. The Morgan fingerprint density at radius 3 is 2.30 bits per heavy atom. The zero-order chi connectivity index (χ0) is 14.4. The summed E-state index contributed by atoms with van der Waals surface area (Å²) in [6, 6.07) is 0.599. The quantitative estimate of drug-likeness (QED) is 0.779. The fraction of sp³-hybridized carbons (Fsp3) is 0.882. The molecule has 0 radical (unpaired) electrons. The van der Waals surface area contributed by atoms with E-state index in [9.17, 15) is 0 Å². The van der Waals surface area contributed by atoms with Crippen LogP contribution in [0.2, 0.25) is 0 Å². The van der Waals surface area contributed by atoms with Crippen LogP contribution in [0.1, 0.15) is 40.0 Å². The Kier molecular flexibility index (Phi) is 6.53. The number of rotatable bonds is 5. The summed E-state index contributed by atoms with van der Waals surface area (Å²) in [6.07, 6.45) is 6.59. The lowest BCUT2D eigenvalue weighted by Crippen LogP contribution is -2.49. The fourth-order valence-electron chi connectivity index (χ4n) is 3.85. The summed E-state index contributed by atoms with van der Waals surface area (Å²) >= 11 is 0. The maximum absolute atomic E-state index is 3.45. The van der Waals surface area contributed by atoms with E-state index >= 15 is 0 Å². The van der Waals surface area contributed by atoms with Crippen LogP contribution in [-0.4, -0.2) is 61.7 Å². The molecule has 0 aliphatic carbocycles. The summed E-state index contributed by atoms with van der Waals surface area (Å²) in [7, 11) is 0. The normalized spacial score (nSPS) is 26.4. The molecule has 2 atom stereocenters. The van der Waals surface area contributed by atoms with E-state index in [2.05, 4.69) is 42.0 Å². The highest BCUT2D eigenvalue weighted by atomic mass is 15.2. The number of nitrogens with one attached hydrogen (secondary N) is 1. The lowest BCUT2D eigenvalue weighted by atomic mass is 9.92. The Hall–Kier alpha value is -0.380. The van der Waals surface area contributed by atoms with Gasteiger partial charge in [-0.15, -0.1) is 0 Å². The van der Waals surface area contributed by atoms with Crippen LogP contribution in [0.3, 0.4) is 0 Å². The van der Waals surface area contributed by atoms with Gasteiger partial charge in [0.15, 0.2) is 0 Å². The van der Waals surface area contributed by atoms with Gasteiger partial charge in [-0.3, -0.25) is 4.90 Å². The molecular formula is C17H33N3. The Labute approximate surface area is 125 Å². The largest absolute Gasteiger partial charge is 0.314 e. The summed E-state index contributed by atoms with van der Waals surface area (Å²) in [5.74, 6) is 0.683. The number of likely N-dealkylation sites (tertiary alicyclic amines) is 1. The second-order valence-electron chi connectivity index (χ2n) is 6.51. The zero-order valence-electron chi connectivity index (χ0n) is 13.7. The van der Waals surface area contributed by atoms with E-state index in [0.717, 1.165) is 13.1 Å². The topological polar surface area (TPSA) is 18.5 Å². The Balaban J connectivity index is 1.88. The molecule has 2 heterocycles. The molecule has 2 unspecified atom stereocenters. The summed E-state index contributed by atoms with van der Waals surface area (Å²) < 4.78 is 0. The average molecular weight is 279 g/mol. The van der Waals surface area contributed by atoms with Crippen molar-refractivity contribution in [2.45, 2.75) is 46.1 Å². The molecule has 0 aromatic rings. The van der Waals surface area contributed by atoms with Crippen LogP contribution < -0.4 is 5.32 Å². The third-order valence-electron chi connectivity index (χ3n) is 5.06. The van der Waals surface area contributed by atoms with Gasteiger partial charge in [-0.05, 0) is 45.7 Å². The molecule has 20 heavy (non-hydrogen) atoms. The first kappa shape index (κ1) is 16.0. The third kappa shape index (κ3) is 4.31. The maximum atomic E-state index is 3.45. The number of allylic oxidation sites excluding steroid dienone is 1. The van der Waals surface area contributed by atoms with Crippen LogP contribution in [0.25, 0.3) is 0 Å². The van der Waals surface area contributed by atoms with Crippen LogP contribution in [0.15, 0.2) is 11.6 Å². The van der Waals surface area contributed by atoms with Crippen molar-refractivity contribution in [1.82, 2.24) is 15.1 Å². The maximum Gasteiger partial charge on any atom is 0.0283 e. The molecule has 116 valence electrons. The van der Waals surface area contributed by atoms with Crippen molar-refractivity contribution in [3.63, 3.8) is 0 Å².